The maximum absolute atomic E-state index is 12.6. The molecule has 2 heterocycles. The van der Waals surface area contributed by atoms with Crippen molar-refractivity contribution >= 4 is 17.5 Å². The van der Waals surface area contributed by atoms with Crippen LogP contribution in [0.15, 0.2) is 60.7 Å². The second-order valence-corrected chi connectivity index (χ2v) is 7.93. The Morgan fingerprint density at radius 1 is 1.08 bits per heavy atom. The van der Waals surface area contributed by atoms with Crippen molar-refractivity contribution in [2.45, 2.75) is 24.0 Å². The van der Waals surface area contributed by atoms with Gasteiger partial charge < -0.3 is 9.35 Å². The third-order valence-corrected chi connectivity index (χ3v) is 6.64. The Morgan fingerprint density at radius 2 is 1.75 bits per heavy atom. The van der Waals surface area contributed by atoms with Crippen LogP contribution in [0.1, 0.15) is 16.5 Å². The minimum absolute atomic E-state index is 0.0391. The van der Waals surface area contributed by atoms with Crippen molar-refractivity contribution in [3.8, 4) is 0 Å². The van der Waals surface area contributed by atoms with Gasteiger partial charge in [0.15, 0.2) is 5.37 Å². The quantitative estimate of drug-likeness (QED) is 0.632. The van der Waals surface area contributed by atoms with Crippen molar-refractivity contribution in [1.29, 1.82) is 0 Å². The van der Waals surface area contributed by atoms with Crippen molar-refractivity contribution in [2.75, 3.05) is 12.4 Å². The second kappa shape index (κ2) is 6.69. The number of fused-ring (bicyclic) bond motifs is 1. The van der Waals surface area contributed by atoms with Gasteiger partial charge in [0.25, 0.3) is 0 Å². The monoisotopic (exact) mass is 340 g/mol. The number of carbonyl (C=O) groups excluding carboxylic acids is 1. The van der Waals surface area contributed by atoms with Crippen LogP contribution in [0.5, 0.6) is 0 Å². The van der Waals surface area contributed by atoms with Crippen LogP contribution in [0.3, 0.4) is 0 Å². The van der Waals surface area contributed by atoms with Gasteiger partial charge in [-0.15, -0.1) is 0 Å². The summed E-state index contributed by atoms with van der Waals surface area (Å²) in [7, 11) is 0. The molecule has 0 aromatic heterocycles. The first-order valence-corrected chi connectivity index (χ1v) is 9.57. The van der Waals surface area contributed by atoms with Crippen LogP contribution in [-0.2, 0) is 22.5 Å². The zero-order chi connectivity index (χ0) is 16.5. The minimum Gasteiger partial charge on any atom is -0.615 e. The molecule has 2 fully saturated rings. The molecule has 2 aromatic carbocycles. The number of carbonyl (C=O) groups is 1. The summed E-state index contributed by atoms with van der Waals surface area (Å²) in [6.07, 6.45) is 1.03. The molecule has 0 aliphatic carbocycles. The zero-order valence-corrected chi connectivity index (χ0v) is 14.1. The standard InChI is InChI=1S/C19H20N2O2S/c22-12-17-18-13-24(23)19(16-9-5-2-6-10-16)21(18)14-20(17)11-15-7-3-1-4-8-15/h1-10,12,17-19H,11,13-14H2/t17-,18+,19?,24?/m1/s1. The van der Waals surface area contributed by atoms with Crippen molar-refractivity contribution in [3.05, 3.63) is 71.8 Å². The number of rotatable bonds is 4. The summed E-state index contributed by atoms with van der Waals surface area (Å²) in [4.78, 5) is 16.2. The summed E-state index contributed by atoms with van der Waals surface area (Å²) >= 11 is -0.964. The van der Waals surface area contributed by atoms with E-state index in [1.807, 2.05) is 48.5 Å². The molecule has 2 saturated heterocycles. The van der Waals surface area contributed by atoms with E-state index in [-0.39, 0.29) is 17.5 Å². The zero-order valence-electron chi connectivity index (χ0n) is 13.3. The Kier molecular flexibility index (Phi) is 4.41. The molecule has 0 saturated carbocycles. The van der Waals surface area contributed by atoms with Crippen molar-refractivity contribution in [1.82, 2.24) is 9.80 Å². The Bertz CT molecular complexity index is 697. The Balaban J connectivity index is 1.58. The van der Waals surface area contributed by atoms with Gasteiger partial charge in [0.1, 0.15) is 12.0 Å². The molecule has 0 spiro atoms. The van der Waals surface area contributed by atoms with Crippen LogP contribution < -0.4 is 0 Å². The molecule has 124 valence electrons. The molecule has 2 aliphatic rings. The SMILES string of the molecule is O=C[C@@H]1[C@@H]2C[S+]([O-])C(c3ccccc3)N2CN1Cc1ccccc1. The summed E-state index contributed by atoms with van der Waals surface area (Å²) in [5, 5.41) is -0.112. The number of hydrogen-bond donors (Lipinski definition) is 0. The predicted octanol–water partition coefficient (Wildman–Crippen LogP) is 2.16. The van der Waals surface area contributed by atoms with Crippen LogP contribution in [0.25, 0.3) is 0 Å². The highest BCUT2D eigenvalue weighted by atomic mass is 32.2. The van der Waals surface area contributed by atoms with E-state index in [1.54, 1.807) is 0 Å². The average Bonchev–Trinajstić information content (AvgIpc) is 3.10. The molecule has 5 heteroatoms. The molecule has 4 nitrogen and oxygen atoms in total. The first kappa shape index (κ1) is 15.8. The molecule has 0 radical (unpaired) electrons. The van der Waals surface area contributed by atoms with Crippen molar-refractivity contribution < 1.29 is 9.35 Å². The first-order valence-electron chi connectivity index (χ1n) is 8.19. The predicted molar refractivity (Wildman–Crippen MR) is 94.5 cm³/mol. The van der Waals surface area contributed by atoms with Crippen molar-refractivity contribution in [2.24, 2.45) is 0 Å². The average molecular weight is 340 g/mol. The Hall–Kier alpha value is -1.66. The maximum Gasteiger partial charge on any atom is 0.196 e. The third-order valence-electron chi connectivity index (χ3n) is 4.92. The van der Waals surface area contributed by atoms with E-state index >= 15 is 0 Å². The number of hydrogen-bond acceptors (Lipinski definition) is 4. The largest absolute Gasteiger partial charge is 0.615 e. The molecule has 0 bridgehead atoms. The van der Waals surface area contributed by atoms with Gasteiger partial charge in [-0.2, -0.15) is 0 Å². The number of nitrogens with zero attached hydrogens (tertiary/aromatic N) is 2. The van der Waals surface area contributed by atoms with Gasteiger partial charge in [0.05, 0.1) is 18.8 Å². The smallest absolute Gasteiger partial charge is 0.196 e. The molecule has 4 atom stereocenters. The van der Waals surface area contributed by atoms with Crippen LogP contribution in [0.2, 0.25) is 0 Å². The van der Waals surface area contributed by atoms with E-state index in [2.05, 4.69) is 21.9 Å². The van der Waals surface area contributed by atoms with Gasteiger partial charge in [0, 0.05) is 12.1 Å². The van der Waals surface area contributed by atoms with Gasteiger partial charge in [-0.1, -0.05) is 60.7 Å². The molecule has 0 N–H and O–H groups in total. The fourth-order valence-electron chi connectivity index (χ4n) is 3.81. The van der Waals surface area contributed by atoms with E-state index in [0.29, 0.717) is 12.4 Å². The lowest BCUT2D eigenvalue weighted by Gasteiger charge is -2.24. The maximum atomic E-state index is 12.6. The lowest BCUT2D eigenvalue weighted by molar-refractivity contribution is -0.111. The molecule has 2 aromatic rings. The van der Waals surface area contributed by atoms with Gasteiger partial charge >= 0.3 is 0 Å². The molecule has 4 rings (SSSR count). The van der Waals surface area contributed by atoms with E-state index in [1.165, 1.54) is 5.56 Å². The number of aldehydes is 1. The third kappa shape index (κ3) is 2.78. The highest BCUT2D eigenvalue weighted by Gasteiger charge is 2.54. The first-order chi connectivity index (χ1) is 11.8. The lowest BCUT2D eigenvalue weighted by atomic mass is 10.1. The molecule has 24 heavy (non-hydrogen) atoms. The minimum atomic E-state index is -0.964. The summed E-state index contributed by atoms with van der Waals surface area (Å²) in [6.45, 7) is 1.42. The molecule has 2 unspecified atom stereocenters. The van der Waals surface area contributed by atoms with E-state index in [9.17, 15) is 9.35 Å². The molecule has 2 aliphatic heterocycles. The Labute approximate surface area is 145 Å². The van der Waals surface area contributed by atoms with Crippen LogP contribution >= 0.6 is 0 Å². The number of benzene rings is 2. The van der Waals surface area contributed by atoms with Gasteiger partial charge in [0.2, 0.25) is 0 Å². The molecular weight excluding hydrogens is 320 g/mol. The molecule has 0 amide bonds. The lowest BCUT2D eigenvalue weighted by Crippen LogP contribution is -2.38. The van der Waals surface area contributed by atoms with E-state index in [0.717, 1.165) is 18.4 Å². The topological polar surface area (TPSA) is 46.6 Å². The van der Waals surface area contributed by atoms with Crippen molar-refractivity contribution in [3.63, 3.8) is 0 Å². The fraction of sp³-hybridized carbons (Fsp3) is 0.316. The highest BCUT2D eigenvalue weighted by molar-refractivity contribution is 7.91. The second-order valence-electron chi connectivity index (χ2n) is 6.39. The highest BCUT2D eigenvalue weighted by Crippen LogP contribution is 2.41. The van der Waals surface area contributed by atoms with Gasteiger partial charge in [-0.05, 0) is 16.7 Å². The van der Waals surface area contributed by atoms with Gasteiger partial charge in [-0.3, -0.25) is 4.90 Å². The van der Waals surface area contributed by atoms with Crippen LogP contribution in [-0.4, -0.2) is 45.1 Å². The summed E-state index contributed by atoms with van der Waals surface area (Å²) < 4.78 is 12.6. The summed E-state index contributed by atoms with van der Waals surface area (Å²) in [5.41, 5.74) is 2.27. The van der Waals surface area contributed by atoms with Crippen LogP contribution in [0.4, 0.5) is 0 Å². The van der Waals surface area contributed by atoms with E-state index < -0.39 is 11.2 Å². The molecular formula is C19H20N2O2S. The fourth-order valence-corrected chi connectivity index (χ4v) is 5.71. The normalized spacial score (nSPS) is 30.4. The van der Waals surface area contributed by atoms with Gasteiger partial charge in [-0.25, -0.2) is 4.90 Å². The van der Waals surface area contributed by atoms with Crippen LogP contribution in [0, 0.1) is 0 Å². The summed E-state index contributed by atoms with van der Waals surface area (Å²) in [6, 6.07) is 20.0. The van der Waals surface area contributed by atoms with E-state index in [4.69, 9.17) is 0 Å². The Morgan fingerprint density at radius 3 is 2.42 bits per heavy atom. The summed E-state index contributed by atoms with van der Waals surface area (Å²) in [5.74, 6) is 0.564.